The first-order valence-electron chi connectivity index (χ1n) is 6.16. The van der Waals surface area contributed by atoms with Crippen molar-refractivity contribution < 1.29 is 18.8 Å². The Morgan fingerprint density at radius 1 is 1.50 bits per heavy atom. The van der Waals surface area contributed by atoms with E-state index in [9.17, 15) is 9.36 Å². The molecule has 112 valence electrons. The number of esters is 1. The number of carbonyl (C=O) groups excluding carboxylic acids is 1. The Bertz CT molecular complexity index is 467. The number of aromatic nitrogens is 1. The van der Waals surface area contributed by atoms with E-state index in [1.807, 2.05) is 0 Å². The SMILES string of the molecule is COCP(=O)(NCC(=O)OC(C)C)Nc1cccnc1. The van der Waals surface area contributed by atoms with Crippen molar-refractivity contribution in [3.63, 3.8) is 0 Å². The minimum Gasteiger partial charge on any atom is -0.462 e. The van der Waals surface area contributed by atoms with Gasteiger partial charge in [0, 0.05) is 13.3 Å². The molecule has 0 bridgehead atoms. The molecule has 2 N–H and O–H groups in total. The van der Waals surface area contributed by atoms with Crippen molar-refractivity contribution in [2.24, 2.45) is 0 Å². The lowest BCUT2D eigenvalue weighted by Crippen LogP contribution is -2.28. The van der Waals surface area contributed by atoms with Crippen molar-refractivity contribution in [3.8, 4) is 0 Å². The lowest BCUT2D eigenvalue weighted by molar-refractivity contribution is -0.145. The number of hydrogen-bond acceptors (Lipinski definition) is 5. The van der Waals surface area contributed by atoms with Crippen molar-refractivity contribution >= 4 is 19.1 Å². The molecule has 1 aromatic heterocycles. The number of ether oxygens (including phenoxy) is 2. The monoisotopic (exact) mass is 301 g/mol. The van der Waals surface area contributed by atoms with Crippen LogP contribution in [0.3, 0.4) is 0 Å². The second-order valence-electron chi connectivity index (χ2n) is 4.38. The summed E-state index contributed by atoms with van der Waals surface area (Å²) in [7, 11) is -1.67. The van der Waals surface area contributed by atoms with E-state index in [1.54, 1.807) is 32.2 Å². The first-order valence-corrected chi connectivity index (χ1v) is 8.05. The van der Waals surface area contributed by atoms with Gasteiger partial charge in [0.2, 0.25) is 0 Å². The molecule has 0 fully saturated rings. The average Bonchev–Trinajstić information content (AvgIpc) is 2.37. The third-order valence-corrected chi connectivity index (χ3v) is 4.04. The molecule has 8 heteroatoms. The summed E-state index contributed by atoms with van der Waals surface area (Å²) in [5.74, 6) is -0.468. The van der Waals surface area contributed by atoms with Crippen molar-refractivity contribution in [3.05, 3.63) is 24.5 Å². The normalized spacial score (nSPS) is 13.8. The zero-order chi connectivity index (χ0) is 15.0. The molecule has 1 unspecified atom stereocenters. The highest BCUT2D eigenvalue weighted by molar-refractivity contribution is 7.63. The van der Waals surface area contributed by atoms with Crippen LogP contribution < -0.4 is 10.2 Å². The first-order chi connectivity index (χ1) is 9.45. The number of hydrogen-bond donors (Lipinski definition) is 2. The fraction of sp³-hybridized carbons (Fsp3) is 0.500. The fourth-order valence-corrected chi connectivity index (χ4v) is 2.97. The van der Waals surface area contributed by atoms with Crippen LogP contribution in [0.5, 0.6) is 0 Å². The number of pyridine rings is 1. The highest BCUT2D eigenvalue weighted by atomic mass is 31.2. The summed E-state index contributed by atoms with van der Waals surface area (Å²) in [5.41, 5.74) is 0.581. The van der Waals surface area contributed by atoms with E-state index in [0.29, 0.717) is 5.69 Å². The number of nitrogens with zero attached hydrogens (tertiary/aromatic N) is 1. The molecule has 7 nitrogen and oxygen atoms in total. The van der Waals surface area contributed by atoms with Crippen LogP contribution in [0.4, 0.5) is 5.69 Å². The number of rotatable bonds is 8. The number of anilines is 1. The summed E-state index contributed by atoms with van der Waals surface area (Å²) < 4.78 is 22.5. The minimum atomic E-state index is -3.10. The molecule has 0 amide bonds. The van der Waals surface area contributed by atoms with Gasteiger partial charge in [-0.1, -0.05) is 0 Å². The van der Waals surface area contributed by atoms with Crippen LogP contribution in [0.1, 0.15) is 13.8 Å². The third-order valence-electron chi connectivity index (χ3n) is 2.13. The van der Waals surface area contributed by atoms with Crippen molar-refractivity contribution in [1.82, 2.24) is 10.1 Å². The Kier molecular flexibility index (Phi) is 6.64. The standard InChI is InChI=1S/C12H20N3O4P/c1-10(2)19-12(16)8-14-20(17,9-18-3)15-11-5-4-6-13-7-11/h4-7,10H,8-9H2,1-3H3,(H2,14,15,17). The molecule has 0 aliphatic carbocycles. The van der Waals surface area contributed by atoms with Gasteiger partial charge < -0.3 is 14.6 Å². The Labute approximate surface area is 118 Å². The zero-order valence-electron chi connectivity index (χ0n) is 11.8. The summed E-state index contributed by atoms with van der Waals surface area (Å²) >= 11 is 0. The lowest BCUT2D eigenvalue weighted by Gasteiger charge is -2.20. The molecule has 1 atom stereocenters. The minimum absolute atomic E-state index is 0.0587. The predicted molar refractivity (Wildman–Crippen MR) is 76.6 cm³/mol. The van der Waals surface area contributed by atoms with E-state index in [0.717, 1.165) is 0 Å². The summed E-state index contributed by atoms with van der Waals surface area (Å²) in [6.45, 7) is 3.34. The van der Waals surface area contributed by atoms with Gasteiger partial charge in [-0.15, -0.1) is 0 Å². The molecule has 1 rings (SSSR count). The van der Waals surface area contributed by atoms with Crippen molar-refractivity contribution in [1.29, 1.82) is 0 Å². The maximum absolute atomic E-state index is 12.6. The molecule has 0 aromatic carbocycles. The molecule has 0 aliphatic heterocycles. The van der Waals surface area contributed by atoms with Crippen LogP contribution in [-0.4, -0.2) is 37.1 Å². The van der Waals surface area contributed by atoms with Gasteiger partial charge >= 0.3 is 5.97 Å². The second-order valence-corrected chi connectivity index (χ2v) is 6.66. The van der Waals surface area contributed by atoms with Gasteiger partial charge in [0.25, 0.3) is 7.44 Å². The van der Waals surface area contributed by atoms with E-state index in [2.05, 4.69) is 15.2 Å². The van der Waals surface area contributed by atoms with Gasteiger partial charge in [0.15, 0.2) is 0 Å². The van der Waals surface area contributed by atoms with Crippen LogP contribution in [0, 0.1) is 0 Å². The van der Waals surface area contributed by atoms with E-state index < -0.39 is 13.4 Å². The zero-order valence-corrected chi connectivity index (χ0v) is 12.7. The molecule has 0 saturated carbocycles. The Morgan fingerprint density at radius 3 is 2.80 bits per heavy atom. The summed E-state index contributed by atoms with van der Waals surface area (Å²) in [4.78, 5) is 15.4. The lowest BCUT2D eigenvalue weighted by atomic mass is 10.4. The van der Waals surface area contributed by atoms with Gasteiger partial charge in [-0.25, -0.2) is 5.09 Å². The number of carbonyl (C=O) groups is 1. The van der Waals surface area contributed by atoms with Gasteiger partial charge in [0.05, 0.1) is 18.0 Å². The van der Waals surface area contributed by atoms with Gasteiger partial charge in [-0.2, -0.15) is 0 Å². The Balaban J connectivity index is 2.62. The van der Waals surface area contributed by atoms with Crippen LogP contribution in [-0.2, 0) is 18.8 Å². The van der Waals surface area contributed by atoms with Crippen LogP contribution in [0.15, 0.2) is 24.5 Å². The maximum Gasteiger partial charge on any atom is 0.320 e. The van der Waals surface area contributed by atoms with E-state index >= 15 is 0 Å². The van der Waals surface area contributed by atoms with Crippen LogP contribution in [0.25, 0.3) is 0 Å². The molecule has 1 aromatic rings. The van der Waals surface area contributed by atoms with E-state index in [1.165, 1.54) is 13.3 Å². The Hall–Kier alpha value is -1.43. The third kappa shape index (κ3) is 6.14. The summed E-state index contributed by atoms with van der Waals surface area (Å²) in [6.07, 6.45) is 2.88. The molecular weight excluding hydrogens is 281 g/mol. The number of methoxy groups -OCH3 is 1. The average molecular weight is 301 g/mol. The van der Waals surface area contributed by atoms with Crippen LogP contribution >= 0.6 is 7.44 Å². The summed E-state index contributed by atoms with van der Waals surface area (Å²) in [5, 5.41) is 5.48. The molecule has 20 heavy (non-hydrogen) atoms. The maximum atomic E-state index is 12.6. The van der Waals surface area contributed by atoms with Crippen molar-refractivity contribution in [2.45, 2.75) is 20.0 Å². The predicted octanol–water partition coefficient (Wildman–Crippen LogP) is 1.83. The van der Waals surface area contributed by atoms with Gasteiger partial charge in [-0.05, 0) is 26.0 Å². The first kappa shape index (κ1) is 16.6. The molecule has 0 radical (unpaired) electrons. The van der Waals surface area contributed by atoms with E-state index in [-0.39, 0.29) is 19.0 Å². The number of nitrogens with one attached hydrogen (secondary N) is 2. The topological polar surface area (TPSA) is 89.5 Å². The van der Waals surface area contributed by atoms with Gasteiger partial charge in [-0.3, -0.25) is 14.3 Å². The van der Waals surface area contributed by atoms with E-state index in [4.69, 9.17) is 9.47 Å². The Morgan fingerprint density at radius 2 is 2.25 bits per heavy atom. The quantitative estimate of drug-likeness (QED) is 0.559. The highest BCUT2D eigenvalue weighted by Crippen LogP contribution is 2.40. The molecule has 0 aliphatic rings. The van der Waals surface area contributed by atoms with Crippen LogP contribution in [0.2, 0.25) is 0 Å². The second kappa shape index (κ2) is 7.99. The summed E-state index contributed by atoms with van der Waals surface area (Å²) in [6, 6.07) is 3.44. The largest absolute Gasteiger partial charge is 0.462 e. The fourth-order valence-electron chi connectivity index (χ4n) is 1.43. The molecule has 0 spiro atoms. The molecular formula is C12H20N3O4P. The molecule has 1 heterocycles. The molecule has 0 saturated heterocycles. The smallest absolute Gasteiger partial charge is 0.320 e. The van der Waals surface area contributed by atoms with Gasteiger partial charge in [0.1, 0.15) is 12.9 Å². The highest BCUT2D eigenvalue weighted by Gasteiger charge is 2.23. The van der Waals surface area contributed by atoms with Crippen molar-refractivity contribution in [2.75, 3.05) is 25.1 Å².